The van der Waals surface area contributed by atoms with Gasteiger partial charge in [-0.05, 0) is 68.0 Å². The SMILES string of the molecule is CCOc1ccc(N2C(=O)NC(=O)/C(=C\c3cc(Cl)cc(OCC)c3)C2=O)cc1. The van der Waals surface area contributed by atoms with Gasteiger partial charge in [0, 0.05) is 5.02 Å². The van der Waals surface area contributed by atoms with Crippen LogP contribution < -0.4 is 19.7 Å². The summed E-state index contributed by atoms with van der Waals surface area (Å²) < 4.78 is 10.8. The lowest BCUT2D eigenvalue weighted by Crippen LogP contribution is -2.54. The molecule has 4 amide bonds. The van der Waals surface area contributed by atoms with Crippen molar-refractivity contribution in [1.29, 1.82) is 0 Å². The van der Waals surface area contributed by atoms with Crippen molar-refractivity contribution in [2.24, 2.45) is 0 Å². The van der Waals surface area contributed by atoms with Crippen LogP contribution in [0.15, 0.2) is 48.0 Å². The Morgan fingerprint density at radius 2 is 1.62 bits per heavy atom. The number of hydrogen-bond donors (Lipinski definition) is 1. The van der Waals surface area contributed by atoms with Gasteiger partial charge in [0.25, 0.3) is 11.8 Å². The van der Waals surface area contributed by atoms with Crippen molar-refractivity contribution in [1.82, 2.24) is 5.32 Å². The molecule has 7 nitrogen and oxygen atoms in total. The molecule has 1 heterocycles. The Bertz CT molecular complexity index is 985. The Morgan fingerprint density at radius 3 is 2.28 bits per heavy atom. The van der Waals surface area contributed by atoms with E-state index in [0.29, 0.717) is 41.0 Å². The van der Waals surface area contributed by atoms with Crippen LogP contribution in [-0.4, -0.2) is 31.1 Å². The third kappa shape index (κ3) is 4.57. The summed E-state index contributed by atoms with van der Waals surface area (Å²) in [6.07, 6.45) is 1.38. The second kappa shape index (κ2) is 8.79. The zero-order chi connectivity index (χ0) is 21.0. The molecular formula is C21H19ClN2O5. The highest BCUT2D eigenvalue weighted by atomic mass is 35.5. The Balaban J connectivity index is 1.95. The fourth-order valence-corrected chi connectivity index (χ4v) is 3.07. The van der Waals surface area contributed by atoms with E-state index in [4.69, 9.17) is 21.1 Å². The molecule has 0 spiro atoms. The molecule has 1 fully saturated rings. The van der Waals surface area contributed by atoms with Crippen LogP contribution >= 0.6 is 11.6 Å². The lowest BCUT2D eigenvalue weighted by atomic mass is 10.1. The minimum absolute atomic E-state index is 0.191. The minimum atomic E-state index is -0.817. The van der Waals surface area contributed by atoms with Gasteiger partial charge in [0.15, 0.2) is 0 Å². The molecule has 0 saturated carbocycles. The molecule has 150 valence electrons. The topological polar surface area (TPSA) is 84.9 Å². The fourth-order valence-electron chi connectivity index (χ4n) is 2.83. The smallest absolute Gasteiger partial charge is 0.335 e. The first kappa shape index (κ1) is 20.4. The Labute approximate surface area is 172 Å². The predicted molar refractivity (Wildman–Crippen MR) is 109 cm³/mol. The highest BCUT2D eigenvalue weighted by Gasteiger charge is 2.36. The van der Waals surface area contributed by atoms with Crippen molar-refractivity contribution in [3.8, 4) is 11.5 Å². The Hall–Kier alpha value is -3.32. The average Bonchev–Trinajstić information content (AvgIpc) is 2.66. The molecule has 0 unspecified atom stereocenters. The van der Waals surface area contributed by atoms with E-state index in [-0.39, 0.29) is 5.57 Å². The second-order valence-corrected chi connectivity index (χ2v) is 6.47. The van der Waals surface area contributed by atoms with Crippen LogP contribution in [0.5, 0.6) is 11.5 Å². The highest BCUT2D eigenvalue weighted by Crippen LogP contribution is 2.26. The van der Waals surface area contributed by atoms with Crippen LogP contribution in [0.4, 0.5) is 10.5 Å². The first-order valence-corrected chi connectivity index (χ1v) is 9.38. The maximum absolute atomic E-state index is 12.9. The third-order valence-electron chi connectivity index (χ3n) is 4.02. The number of benzene rings is 2. The van der Waals surface area contributed by atoms with Gasteiger partial charge in [-0.3, -0.25) is 14.9 Å². The summed E-state index contributed by atoms with van der Waals surface area (Å²) in [6, 6.07) is 10.5. The van der Waals surface area contributed by atoms with Gasteiger partial charge >= 0.3 is 6.03 Å². The summed E-state index contributed by atoms with van der Waals surface area (Å²) in [5, 5.41) is 2.58. The van der Waals surface area contributed by atoms with Crippen molar-refractivity contribution in [2.75, 3.05) is 18.1 Å². The van der Waals surface area contributed by atoms with Crippen LogP contribution in [0, 0.1) is 0 Å². The first-order chi connectivity index (χ1) is 13.9. The summed E-state index contributed by atoms with van der Waals surface area (Å²) in [7, 11) is 0. The summed E-state index contributed by atoms with van der Waals surface area (Å²) in [5.41, 5.74) is 0.624. The number of imide groups is 2. The van der Waals surface area contributed by atoms with Gasteiger partial charge in [0.2, 0.25) is 0 Å². The molecule has 2 aromatic rings. The molecule has 3 rings (SSSR count). The van der Waals surface area contributed by atoms with Gasteiger partial charge < -0.3 is 9.47 Å². The summed E-state index contributed by atoms with van der Waals surface area (Å²) in [5.74, 6) is -0.397. The van der Waals surface area contributed by atoms with E-state index < -0.39 is 17.8 Å². The summed E-state index contributed by atoms with van der Waals surface area (Å²) >= 11 is 6.09. The molecule has 1 aliphatic heterocycles. The number of barbiturate groups is 1. The number of nitrogens with one attached hydrogen (secondary N) is 1. The molecule has 29 heavy (non-hydrogen) atoms. The Kier molecular flexibility index (Phi) is 6.19. The lowest BCUT2D eigenvalue weighted by Gasteiger charge is -2.26. The number of hydrogen-bond acceptors (Lipinski definition) is 5. The van der Waals surface area contributed by atoms with E-state index in [1.54, 1.807) is 42.5 Å². The molecule has 0 bridgehead atoms. The maximum Gasteiger partial charge on any atom is 0.335 e. The quantitative estimate of drug-likeness (QED) is 0.574. The van der Waals surface area contributed by atoms with Crippen LogP contribution in [-0.2, 0) is 9.59 Å². The number of rotatable bonds is 6. The minimum Gasteiger partial charge on any atom is -0.494 e. The van der Waals surface area contributed by atoms with E-state index in [2.05, 4.69) is 5.32 Å². The summed E-state index contributed by atoms with van der Waals surface area (Å²) in [6.45, 7) is 4.62. The number of amides is 4. The molecule has 2 aromatic carbocycles. The van der Waals surface area contributed by atoms with E-state index in [0.717, 1.165) is 4.90 Å². The standard InChI is InChI=1S/C21H19ClN2O5/c1-3-28-16-7-5-15(6-8-16)24-20(26)18(19(25)23-21(24)27)11-13-9-14(22)12-17(10-13)29-4-2/h5-12H,3-4H2,1-2H3,(H,23,25,27)/b18-11+. The molecule has 0 aliphatic carbocycles. The van der Waals surface area contributed by atoms with E-state index in [9.17, 15) is 14.4 Å². The molecule has 1 N–H and O–H groups in total. The Morgan fingerprint density at radius 1 is 0.966 bits per heavy atom. The number of nitrogens with zero attached hydrogens (tertiary/aromatic N) is 1. The lowest BCUT2D eigenvalue weighted by molar-refractivity contribution is -0.122. The average molecular weight is 415 g/mol. The number of carbonyl (C=O) groups excluding carboxylic acids is 3. The molecule has 8 heteroatoms. The van der Waals surface area contributed by atoms with Gasteiger partial charge in [-0.2, -0.15) is 0 Å². The molecule has 1 aliphatic rings. The van der Waals surface area contributed by atoms with Crippen LogP contribution in [0.2, 0.25) is 5.02 Å². The maximum atomic E-state index is 12.9. The van der Waals surface area contributed by atoms with Crippen LogP contribution in [0.25, 0.3) is 6.08 Å². The number of ether oxygens (including phenoxy) is 2. The highest BCUT2D eigenvalue weighted by molar-refractivity contribution is 6.39. The monoisotopic (exact) mass is 414 g/mol. The fraction of sp³-hybridized carbons (Fsp3) is 0.190. The predicted octanol–water partition coefficient (Wildman–Crippen LogP) is 3.80. The van der Waals surface area contributed by atoms with Crippen molar-refractivity contribution in [2.45, 2.75) is 13.8 Å². The zero-order valence-corrected chi connectivity index (χ0v) is 16.7. The van der Waals surface area contributed by atoms with E-state index in [1.807, 2.05) is 13.8 Å². The normalized spacial score (nSPS) is 15.5. The molecule has 0 atom stereocenters. The summed E-state index contributed by atoms with van der Waals surface area (Å²) in [4.78, 5) is 38.4. The van der Waals surface area contributed by atoms with Crippen molar-refractivity contribution >= 4 is 41.2 Å². The molecular weight excluding hydrogens is 396 g/mol. The van der Waals surface area contributed by atoms with Crippen LogP contribution in [0.3, 0.4) is 0 Å². The van der Waals surface area contributed by atoms with Gasteiger partial charge in [-0.15, -0.1) is 0 Å². The van der Waals surface area contributed by atoms with Crippen molar-refractivity contribution < 1.29 is 23.9 Å². The third-order valence-corrected chi connectivity index (χ3v) is 4.24. The van der Waals surface area contributed by atoms with Crippen LogP contribution in [0.1, 0.15) is 19.4 Å². The zero-order valence-electron chi connectivity index (χ0n) is 15.9. The molecule has 1 saturated heterocycles. The van der Waals surface area contributed by atoms with E-state index in [1.165, 1.54) is 6.08 Å². The number of anilines is 1. The van der Waals surface area contributed by atoms with Crippen molar-refractivity contribution in [3.63, 3.8) is 0 Å². The van der Waals surface area contributed by atoms with E-state index >= 15 is 0 Å². The number of urea groups is 1. The van der Waals surface area contributed by atoms with Gasteiger partial charge in [0.05, 0.1) is 18.9 Å². The second-order valence-electron chi connectivity index (χ2n) is 6.04. The molecule has 0 aromatic heterocycles. The largest absolute Gasteiger partial charge is 0.494 e. The molecule has 0 radical (unpaired) electrons. The van der Waals surface area contributed by atoms with Gasteiger partial charge in [-0.1, -0.05) is 11.6 Å². The van der Waals surface area contributed by atoms with Gasteiger partial charge in [-0.25, -0.2) is 9.69 Å². The number of halogens is 1. The van der Waals surface area contributed by atoms with Crippen molar-refractivity contribution in [3.05, 3.63) is 58.6 Å². The first-order valence-electron chi connectivity index (χ1n) is 9.00. The number of carbonyl (C=O) groups is 3. The van der Waals surface area contributed by atoms with Gasteiger partial charge in [0.1, 0.15) is 17.1 Å².